The second kappa shape index (κ2) is 9.57. The van der Waals surface area contributed by atoms with Gasteiger partial charge in [-0.1, -0.05) is 6.07 Å². The lowest BCUT2D eigenvalue weighted by Crippen LogP contribution is -2.52. The predicted molar refractivity (Wildman–Crippen MR) is 130 cm³/mol. The zero-order valence-corrected chi connectivity index (χ0v) is 20.7. The van der Waals surface area contributed by atoms with Crippen molar-refractivity contribution in [3.05, 3.63) is 64.3 Å². The summed E-state index contributed by atoms with van der Waals surface area (Å²) in [5.41, 5.74) is 5.18. The number of amides is 1. The molecule has 0 atom stereocenters. The zero-order chi connectivity index (χ0) is 27.1. The van der Waals surface area contributed by atoms with Crippen LogP contribution in [0.5, 0.6) is 5.75 Å². The summed E-state index contributed by atoms with van der Waals surface area (Å²) >= 11 is 0. The summed E-state index contributed by atoms with van der Waals surface area (Å²) in [5.74, 6) is -1.88. The van der Waals surface area contributed by atoms with Gasteiger partial charge >= 0.3 is 12.1 Å². The third-order valence-corrected chi connectivity index (χ3v) is 6.91. The number of rotatable bonds is 1. The van der Waals surface area contributed by atoms with Gasteiger partial charge in [0.15, 0.2) is 5.78 Å². The molecule has 1 aromatic heterocycles. The number of H-pyrrole nitrogens is 1. The molecule has 2 aliphatic rings. The number of alkyl halides is 3. The summed E-state index contributed by atoms with van der Waals surface area (Å²) in [5, 5.41) is 8.24. The molecule has 2 aliphatic heterocycles. The van der Waals surface area contributed by atoms with E-state index in [-0.39, 0.29) is 11.7 Å². The minimum absolute atomic E-state index is 0.0352. The Hall–Kier alpha value is -3.82. The van der Waals surface area contributed by atoms with E-state index in [9.17, 15) is 22.8 Å². The lowest BCUT2D eigenvalue weighted by molar-refractivity contribution is -0.192. The maximum Gasteiger partial charge on any atom is 0.490 e. The molecule has 2 N–H and O–H groups in total. The van der Waals surface area contributed by atoms with Crippen LogP contribution in [-0.4, -0.2) is 57.5 Å². The molecular formula is C27H27F3N2O5. The molecule has 1 fully saturated rings. The first-order valence-corrected chi connectivity index (χ1v) is 11.8. The number of ether oxygens (including phenoxy) is 1. The van der Waals surface area contributed by atoms with Gasteiger partial charge in [0.1, 0.15) is 11.4 Å². The smallest absolute Gasteiger partial charge is 0.486 e. The highest BCUT2D eigenvalue weighted by Crippen LogP contribution is 2.40. The number of benzene rings is 2. The summed E-state index contributed by atoms with van der Waals surface area (Å²) in [6.45, 7) is 7.25. The van der Waals surface area contributed by atoms with Gasteiger partial charge in [-0.25, -0.2) is 4.79 Å². The highest BCUT2D eigenvalue weighted by atomic mass is 19.4. The van der Waals surface area contributed by atoms with Crippen molar-refractivity contribution < 1.29 is 37.4 Å². The fourth-order valence-electron chi connectivity index (χ4n) is 4.73. The summed E-state index contributed by atoms with van der Waals surface area (Å²) < 4.78 is 38.1. The van der Waals surface area contributed by atoms with Crippen molar-refractivity contribution in [1.82, 2.24) is 9.88 Å². The maximum atomic E-state index is 13.1. The molecule has 1 spiro atoms. The number of likely N-dealkylation sites (tertiary alicyclic amines) is 1. The molecule has 0 saturated carbocycles. The van der Waals surface area contributed by atoms with Crippen LogP contribution < -0.4 is 4.74 Å². The molecule has 2 aromatic carbocycles. The molecule has 1 amide bonds. The van der Waals surface area contributed by atoms with Crippen LogP contribution in [0.15, 0.2) is 36.4 Å². The quantitative estimate of drug-likeness (QED) is 0.453. The number of nitrogens with one attached hydrogen (secondary N) is 1. The number of aromatic amines is 1. The van der Waals surface area contributed by atoms with E-state index in [0.29, 0.717) is 49.2 Å². The van der Waals surface area contributed by atoms with Crippen LogP contribution in [0.2, 0.25) is 0 Å². The van der Waals surface area contributed by atoms with Crippen molar-refractivity contribution in [2.45, 2.75) is 51.8 Å². The fourth-order valence-corrected chi connectivity index (χ4v) is 4.73. The lowest BCUT2D eigenvalue weighted by Gasteiger charge is -2.44. The van der Waals surface area contributed by atoms with Crippen molar-refractivity contribution in [3.8, 4) is 5.75 Å². The average molecular weight is 517 g/mol. The van der Waals surface area contributed by atoms with Gasteiger partial charge in [0.25, 0.3) is 5.91 Å². The number of carbonyl (C=O) groups excluding carboxylic acids is 2. The number of aromatic nitrogens is 1. The van der Waals surface area contributed by atoms with Crippen molar-refractivity contribution in [2.24, 2.45) is 0 Å². The number of ketones is 1. The van der Waals surface area contributed by atoms with Crippen LogP contribution in [0.1, 0.15) is 56.8 Å². The standard InChI is InChI=1S/C25H26N2O3.C2HF3O2/c1-15-10-20-22(28)14-25(30-23(20)11-16(15)2)6-8-27(9-7-25)24(29)19-5-4-18-12-17(3)26-21(18)13-19;3-2(4,5)1(6)7/h4-5,10-13,26H,6-9,14H2,1-3H3;(H,6,7). The number of fused-ring (bicyclic) bond motifs is 2. The van der Waals surface area contributed by atoms with Gasteiger partial charge in [-0.3, -0.25) is 9.59 Å². The van der Waals surface area contributed by atoms with Gasteiger partial charge in [0, 0.05) is 42.7 Å². The van der Waals surface area contributed by atoms with E-state index < -0.39 is 17.7 Å². The minimum atomic E-state index is -5.08. The van der Waals surface area contributed by atoms with E-state index >= 15 is 0 Å². The van der Waals surface area contributed by atoms with Crippen LogP contribution in [0.3, 0.4) is 0 Å². The number of hydrogen-bond acceptors (Lipinski definition) is 4. The van der Waals surface area contributed by atoms with Crippen molar-refractivity contribution in [1.29, 1.82) is 0 Å². The molecule has 196 valence electrons. The molecule has 7 nitrogen and oxygen atoms in total. The summed E-state index contributed by atoms with van der Waals surface area (Å²) in [7, 11) is 0. The summed E-state index contributed by atoms with van der Waals surface area (Å²) in [6.07, 6.45) is -3.36. The van der Waals surface area contributed by atoms with Crippen molar-refractivity contribution in [3.63, 3.8) is 0 Å². The van der Waals surface area contributed by atoms with E-state index in [0.717, 1.165) is 27.7 Å². The monoisotopic (exact) mass is 516 g/mol. The molecule has 0 unspecified atom stereocenters. The van der Waals surface area contributed by atoms with Crippen LogP contribution in [0.4, 0.5) is 13.2 Å². The molecule has 3 heterocycles. The van der Waals surface area contributed by atoms with Crippen LogP contribution in [0, 0.1) is 20.8 Å². The average Bonchev–Trinajstić information content (AvgIpc) is 3.19. The first-order valence-electron chi connectivity index (χ1n) is 11.8. The number of nitrogens with zero attached hydrogens (tertiary/aromatic N) is 1. The molecule has 37 heavy (non-hydrogen) atoms. The molecule has 0 radical (unpaired) electrons. The minimum Gasteiger partial charge on any atom is -0.486 e. The van der Waals surface area contributed by atoms with Gasteiger partial charge < -0.3 is 19.7 Å². The molecular weight excluding hydrogens is 489 g/mol. The van der Waals surface area contributed by atoms with Crippen LogP contribution in [-0.2, 0) is 4.79 Å². The number of piperidine rings is 1. The number of Topliss-reactive ketones (excluding diaryl/α,β-unsaturated/α-hetero) is 1. The van der Waals surface area contributed by atoms with Crippen LogP contribution in [0.25, 0.3) is 10.9 Å². The Morgan fingerprint density at radius 3 is 2.27 bits per heavy atom. The third kappa shape index (κ3) is 5.47. The Labute approximate surface area is 211 Å². The molecule has 5 rings (SSSR count). The number of hydrogen-bond donors (Lipinski definition) is 2. The Bertz CT molecular complexity index is 1380. The second-order valence-electron chi connectivity index (χ2n) is 9.67. The SMILES string of the molecule is Cc1cc2ccc(C(=O)N3CCC4(CC3)CC(=O)c3cc(C)c(C)cc3O4)cc2[nH]1.O=C(O)C(F)(F)F. The Kier molecular flexibility index (Phi) is 6.79. The molecule has 10 heteroatoms. The maximum absolute atomic E-state index is 13.1. The van der Waals surface area contributed by atoms with Crippen molar-refractivity contribution >= 4 is 28.6 Å². The fraction of sp³-hybridized carbons (Fsp3) is 0.370. The predicted octanol–water partition coefficient (Wildman–Crippen LogP) is 5.37. The van der Waals surface area contributed by atoms with Gasteiger partial charge in [-0.05, 0) is 67.6 Å². The first-order chi connectivity index (χ1) is 17.3. The number of carbonyl (C=O) groups is 3. The first kappa shape index (κ1) is 26.2. The third-order valence-electron chi connectivity index (χ3n) is 6.91. The van der Waals surface area contributed by atoms with Crippen molar-refractivity contribution in [2.75, 3.05) is 13.1 Å². The molecule has 1 saturated heterocycles. The summed E-state index contributed by atoms with van der Waals surface area (Å²) in [6, 6.07) is 11.8. The van der Waals surface area contributed by atoms with E-state index in [2.05, 4.69) is 11.1 Å². The lowest BCUT2D eigenvalue weighted by atomic mass is 9.81. The number of carboxylic acids is 1. The van der Waals surface area contributed by atoms with Crippen LogP contribution >= 0.6 is 0 Å². The van der Waals surface area contributed by atoms with Gasteiger partial charge in [0.05, 0.1) is 12.0 Å². The second-order valence-corrected chi connectivity index (χ2v) is 9.67. The Morgan fingerprint density at radius 2 is 1.65 bits per heavy atom. The number of aliphatic carboxylic acids is 1. The largest absolute Gasteiger partial charge is 0.490 e. The molecule has 0 bridgehead atoms. The number of carboxylic acid groups (broad SMARTS) is 1. The van der Waals surface area contributed by atoms with E-state index in [1.807, 2.05) is 56.0 Å². The highest BCUT2D eigenvalue weighted by Gasteiger charge is 2.44. The Morgan fingerprint density at radius 1 is 1.03 bits per heavy atom. The Balaban J connectivity index is 0.000000405. The normalized spacial score (nSPS) is 16.6. The van der Waals surface area contributed by atoms with E-state index in [4.69, 9.17) is 14.6 Å². The topological polar surface area (TPSA) is 99.7 Å². The van der Waals surface area contributed by atoms with E-state index in [1.54, 1.807) is 0 Å². The number of aryl methyl sites for hydroxylation is 3. The highest BCUT2D eigenvalue weighted by molar-refractivity contribution is 6.01. The van der Waals surface area contributed by atoms with E-state index in [1.165, 1.54) is 0 Å². The molecule has 3 aromatic rings. The number of halogens is 3. The zero-order valence-electron chi connectivity index (χ0n) is 20.7. The summed E-state index contributed by atoms with van der Waals surface area (Å²) in [4.78, 5) is 40.0. The van der Waals surface area contributed by atoms with Gasteiger partial charge in [-0.15, -0.1) is 0 Å². The van der Waals surface area contributed by atoms with Gasteiger partial charge in [0.2, 0.25) is 0 Å². The molecule has 0 aliphatic carbocycles. The van der Waals surface area contributed by atoms with Gasteiger partial charge in [-0.2, -0.15) is 13.2 Å².